The Morgan fingerprint density at radius 3 is 2.73 bits per heavy atom. The molecule has 1 unspecified atom stereocenters. The van der Waals surface area contributed by atoms with Gasteiger partial charge in [0, 0.05) is 13.0 Å². The first kappa shape index (κ1) is 9.94. The van der Waals surface area contributed by atoms with E-state index in [2.05, 4.69) is 4.99 Å². The Kier molecular flexibility index (Phi) is 5.15. The summed E-state index contributed by atoms with van der Waals surface area (Å²) in [6.07, 6.45) is 2.34. The quantitative estimate of drug-likeness (QED) is 0.331. The summed E-state index contributed by atoms with van der Waals surface area (Å²) in [7, 11) is 0. The molecule has 64 valence electrons. The van der Waals surface area contributed by atoms with Gasteiger partial charge in [0.15, 0.2) is 5.96 Å². The molecule has 0 aromatic heterocycles. The van der Waals surface area contributed by atoms with Crippen molar-refractivity contribution in [3.8, 4) is 0 Å². The Bertz CT molecular complexity index is 141. The molecule has 0 bridgehead atoms. The number of carbonyl (C=O) groups excluding carboxylic acids is 1. The number of hydrogen-bond donors (Lipinski definition) is 2. The van der Waals surface area contributed by atoms with Crippen molar-refractivity contribution in [3.05, 3.63) is 0 Å². The highest BCUT2D eigenvalue weighted by atomic mass is 16.1. The van der Waals surface area contributed by atoms with E-state index in [1.807, 2.05) is 6.92 Å². The molecule has 1 atom stereocenters. The fraction of sp³-hybridized carbons (Fsp3) is 0.714. The Hall–Kier alpha value is -1.06. The van der Waals surface area contributed by atoms with Crippen LogP contribution in [-0.2, 0) is 4.79 Å². The summed E-state index contributed by atoms with van der Waals surface area (Å²) in [6.45, 7) is 2.62. The van der Waals surface area contributed by atoms with E-state index in [0.717, 1.165) is 12.7 Å². The predicted molar refractivity (Wildman–Crippen MR) is 45.1 cm³/mol. The van der Waals surface area contributed by atoms with Crippen LogP contribution in [0.3, 0.4) is 0 Å². The number of aldehydes is 1. The van der Waals surface area contributed by atoms with E-state index < -0.39 is 0 Å². The molecule has 0 aliphatic rings. The molecule has 11 heavy (non-hydrogen) atoms. The molecule has 0 spiro atoms. The fourth-order valence-corrected chi connectivity index (χ4v) is 0.705. The molecule has 0 amide bonds. The maximum Gasteiger partial charge on any atom is 0.185 e. The van der Waals surface area contributed by atoms with Crippen LogP contribution in [0.5, 0.6) is 0 Å². The van der Waals surface area contributed by atoms with Crippen LogP contribution in [-0.4, -0.2) is 18.8 Å². The molecule has 0 aliphatic heterocycles. The van der Waals surface area contributed by atoms with Gasteiger partial charge in [0.25, 0.3) is 0 Å². The third-order valence-corrected chi connectivity index (χ3v) is 1.36. The zero-order chi connectivity index (χ0) is 8.69. The third kappa shape index (κ3) is 6.83. The van der Waals surface area contributed by atoms with E-state index in [-0.39, 0.29) is 5.96 Å². The van der Waals surface area contributed by atoms with Gasteiger partial charge in [-0.05, 0) is 12.3 Å². The van der Waals surface area contributed by atoms with Crippen LogP contribution in [0.25, 0.3) is 0 Å². The average Bonchev–Trinajstić information content (AvgIpc) is 1.97. The van der Waals surface area contributed by atoms with E-state index in [0.29, 0.717) is 18.9 Å². The Morgan fingerprint density at radius 1 is 1.64 bits per heavy atom. The standard InChI is InChI=1S/C7H15N3O/c1-6(3-2-4-11)5-10-7(8)9/h4,6H,2-3,5H2,1H3,(H4,8,9,10). The number of hydrogen-bond acceptors (Lipinski definition) is 2. The van der Waals surface area contributed by atoms with Crippen molar-refractivity contribution < 1.29 is 4.79 Å². The molecule has 0 heterocycles. The molecule has 0 fully saturated rings. The van der Waals surface area contributed by atoms with Gasteiger partial charge in [0.05, 0.1) is 0 Å². The van der Waals surface area contributed by atoms with Crippen molar-refractivity contribution in [1.82, 2.24) is 0 Å². The molecular weight excluding hydrogens is 142 g/mol. The van der Waals surface area contributed by atoms with Crippen LogP contribution in [0.15, 0.2) is 4.99 Å². The van der Waals surface area contributed by atoms with Crippen LogP contribution < -0.4 is 11.5 Å². The Labute approximate surface area is 66.7 Å². The van der Waals surface area contributed by atoms with Crippen molar-refractivity contribution in [2.24, 2.45) is 22.4 Å². The van der Waals surface area contributed by atoms with Gasteiger partial charge in [-0.15, -0.1) is 0 Å². The van der Waals surface area contributed by atoms with E-state index in [1.165, 1.54) is 0 Å². The van der Waals surface area contributed by atoms with Crippen molar-refractivity contribution >= 4 is 12.2 Å². The number of guanidine groups is 1. The minimum Gasteiger partial charge on any atom is -0.370 e. The van der Waals surface area contributed by atoms with Crippen LogP contribution in [0, 0.1) is 5.92 Å². The number of carbonyl (C=O) groups is 1. The minimum absolute atomic E-state index is 0.114. The van der Waals surface area contributed by atoms with Gasteiger partial charge in [-0.25, -0.2) is 0 Å². The molecule has 0 saturated heterocycles. The molecule has 0 saturated carbocycles. The lowest BCUT2D eigenvalue weighted by Gasteiger charge is -2.04. The zero-order valence-electron chi connectivity index (χ0n) is 6.79. The predicted octanol–water partition coefficient (Wildman–Crippen LogP) is -0.125. The normalized spacial score (nSPS) is 12.1. The van der Waals surface area contributed by atoms with Crippen molar-refractivity contribution in [2.45, 2.75) is 19.8 Å². The van der Waals surface area contributed by atoms with E-state index in [4.69, 9.17) is 11.5 Å². The number of aliphatic imine (C=N–C) groups is 1. The molecule has 0 aromatic carbocycles. The highest BCUT2D eigenvalue weighted by Crippen LogP contribution is 2.03. The summed E-state index contributed by atoms with van der Waals surface area (Å²) >= 11 is 0. The van der Waals surface area contributed by atoms with E-state index in [9.17, 15) is 4.79 Å². The monoisotopic (exact) mass is 157 g/mol. The van der Waals surface area contributed by atoms with Gasteiger partial charge in [-0.2, -0.15) is 0 Å². The fourth-order valence-electron chi connectivity index (χ4n) is 0.705. The first-order valence-corrected chi connectivity index (χ1v) is 3.65. The van der Waals surface area contributed by atoms with Crippen LogP contribution in [0.1, 0.15) is 19.8 Å². The van der Waals surface area contributed by atoms with Crippen LogP contribution >= 0.6 is 0 Å². The minimum atomic E-state index is 0.114. The number of nitrogens with zero attached hydrogens (tertiary/aromatic N) is 1. The van der Waals surface area contributed by atoms with Gasteiger partial charge >= 0.3 is 0 Å². The van der Waals surface area contributed by atoms with E-state index >= 15 is 0 Å². The van der Waals surface area contributed by atoms with Crippen molar-refractivity contribution in [2.75, 3.05) is 6.54 Å². The van der Waals surface area contributed by atoms with Gasteiger partial charge in [0.2, 0.25) is 0 Å². The second-order valence-electron chi connectivity index (χ2n) is 2.61. The summed E-state index contributed by atoms with van der Waals surface area (Å²) in [5.74, 6) is 0.491. The van der Waals surface area contributed by atoms with Gasteiger partial charge in [-0.1, -0.05) is 6.92 Å². The molecular formula is C7H15N3O. The molecule has 0 rings (SSSR count). The Morgan fingerprint density at radius 2 is 2.27 bits per heavy atom. The Balaban J connectivity index is 3.44. The molecule has 4 heteroatoms. The summed E-state index contributed by atoms with van der Waals surface area (Å²) in [5, 5.41) is 0. The molecule has 0 aromatic rings. The summed E-state index contributed by atoms with van der Waals surface area (Å²) < 4.78 is 0. The lowest BCUT2D eigenvalue weighted by molar-refractivity contribution is -0.108. The van der Waals surface area contributed by atoms with Gasteiger partial charge in [-0.3, -0.25) is 4.99 Å². The molecule has 0 radical (unpaired) electrons. The first-order chi connectivity index (χ1) is 5.16. The average molecular weight is 157 g/mol. The van der Waals surface area contributed by atoms with Gasteiger partial charge in [0.1, 0.15) is 6.29 Å². The second kappa shape index (κ2) is 5.70. The molecule has 0 aliphatic carbocycles. The van der Waals surface area contributed by atoms with Crippen LogP contribution in [0.2, 0.25) is 0 Å². The summed E-state index contributed by atoms with van der Waals surface area (Å²) in [6, 6.07) is 0. The highest BCUT2D eigenvalue weighted by molar-refractivity contribution is 5.75. The van der Waals surface area contributed by atoms with Crippen LogP contribution in [0.4, 0.5) is 0 Å². The topological polar surface area (TPSA) is 81.5 Å². The number of nitrogens with two attached hydrogens (primary N) is 2. The molecule has 4 N–H and O–H groups in total. The lowest BCUT2D eigenvalue weighted by atomic mass is 10.1. The number of rotatable bonds is 5. The second-order valence-corrected chi connectivity index (χ2v) is 2.61. The maximum absolute atomic E-state index is 9.96. The lowest BCUT2D eigenvalue weighted by Crippen LogP contribution is -2.23. The maximum atomic E-state index is 9.96. The zero-order valence-corrected chi connectivity index (χ0v) is 6.79. The van der Waals surface area contributed by atoms with Crippen molar-refractivity contribution in [1.29, 1.82) is 0 Å². The van der Waals surface area contributed by atoms with Crippen molar-refractivity contribution in [3.63, 3.8) is 0 Å². The smallest absolute Gasteiger partial charge is 0.185 e. The van der Waals surface area contributed by atoms with E-state index in [1.54, 1.807) is 0 Å². The molecule has 4 nitrogen and oxygen atoms in total. The SMILES string of the molecule is CC(CCC=O)CN=C(N)N. The summed E-state index contributed by atoms with van der Waals surface area (Å²) in [5.41, 5.74) is 10.3. The first-order valence-electron chi connectivity index (χ1n) is 3.65. The van der Waals surface area contributed by atoms with Gasteiger partial charge < -0.3 is 16.3 Å². The largest absolute Gasteiger partial charge is 0.370 e. The highest BCUT2D eigenvalue weighted by Gasteiger charge is 1.99. The third-order valence-electron chi connectivity index (χ3n) is 1.36. The summed E-state index contributed by atoms with van der Waals surface area (Å²) in [4.78, 5) is 13.8.